The Kier molecular flexibility index (Phi) is 4.01. The molecule has 4 heteroatoms. The topological polar surface area (TPSA) is 36.4 Å². The van der Waals surface area contributed by atoms with Crippen molar-refractivity contribution in [3.63, 3.8) is 0 Å². The van der Waals surface area contributed by atoms with Crippen LogP contribution in [0.3, 0.4) is 0 Å². The number of rotatable bonds is 4. The number of benzene rings is 1. The van der Waals surface area contributed by atoms with Crippen molar-refractivity contribution in [1.29, 1.82) is 0 Å². The van der Waals surface area contributed by atoms with Gasteiger partial charge in [-0.1, -0.05) is 34.5 Å². The minimum atomic E-state index is 0.283. The predicted octanol–water partition coefficient (Wildman–Crippen LogP) is 3.20. The zero-order valence-electron chi connectivity index (χ0n) is 12.0. The minimum absolute atomic E-state index is 0.283. The average Bonchev–Trinajstić information content (AvgIpc) is 3.20. The molecule has 2 aliphatic carbocycles. The van der Waals surface area contributed by atoms with Gasteiger partial charge < -0.3 is 10.6 Å². The molecule has 2 fully saturated rings. The highest BCUT2D eigenvalue weighted by molar-refractivity contribution is 9.10. The van der Waals surface area contributed by atoms with E-state index in [0.717, 1.165) is 12.5 Å². The number of halogens is 1. The van der Waals surface area contributed by atoms with Crippen LogP contribution in [0.2, 0.25) is 0 Å². The Morgan fingerprint density at radius 1 is 1.40 bits per heavy atom. The molecule has 1 aromatic carbocycles. The summed E-state index contributed by atoms with van der Waals surface area (Å²) in [5.74, 6) is 0.953. The molecule has 2 saturated carbocycles. The van der Waals surface area contributed by atoms with E-state index in [0.29, 0.717) is 6.04 Å². The van der Waals surface area contributed by atoms with Gasteiger partial charge in [0.1, 0.15) is 0 Å². The van der Waals surface area contributed by atoms with E-state index in [9.17, 15) is 0 Å². The first-order chi connectivity index (χ1) is 9.72. The standard InChI is InChI=1S/C16H22BrN3/c1-18-15(20-14-6-7-14)19-11-16(8-3-9-16)12-4-2-5-13(17)10-12/h2,4-5,10,14H,3,6-9,11H2,1H3,(H2,18,19,20). The van der Waals surface area contributed by atoms with E-state index in [4.69, 9.17) is 0 Å². The number of aliphatic imine (C=N–C) groups is 1. The molecule has 1 aromatic rings. The van der Waals surface area contributed by atoms with Crippen LogP contribution in [0.4, 0.5) is 0 Å². The fourth-order valence-corrected chi connectivity index (χ4v) is 3.26. The lowest BCUT2D eigenvalue weighted by atomic mass is 9.64. The first-order valence-corrected chi connectivity index (χ1v) is 8.24. The second-order valence-electron chi connectivity index (χ2n) is 5.99. The summed E-state index contributed by atoms with van der Waals surface area (Å²) in [6, 6.07) is 9.39. The number of hydrogen-bond donors (Lipinski definition) is 2. The first-order valence-electron chi connectivity index (χ1n) is 7.45. The molecule has 0 radical (unpaired) electrons. The smallest absolute Gasteiger partial charge is 0.191 e. The molecule has 0 spiro atoms. The van der Waals surface area contributed by atoms with Gasteiger partial charge in [0, 0.05) is 29.5 Å². The number of guanidine groups is 1. The van der Waals surface area contributed by atoms with Crippen LogP contribution >= 0.6 is 15.9 Å². The van der Waals surface area contributed by atoms with Gasteiger partial charge in [-0.25, -0.2) is 0 Å². The number of nitrogens with one attached hydrogen (secondary N) is 2. The molecule has 0 aliphatic heterocycles. The van der Waals surface area contributed by atoms with Crippen molar-refractivity contribution < 1.29 is 0 Å². The van der Waals surface area contributed by atoms with Crippen LogP contribution in [0, 0.1) is 0 Å². The van der Waals surface area contributed by atoms with Crippen LogP contribution in [0.15, 0.2) is 33.7 Å². The van der Waals surface area contributed by atoms with Crippen molar-refractivity contribution in [3.05, 3.63) is 34.3 Å². The van der Waals surface area contributed by atoms with Gasteiger partial charge >= 0.3 is 0 Å². The maximum atomic E-state index is 4.33. The van der Waals surface area contributed by atoms with E-state index >= 15 is 0 Å². The van der Waals surface area contributed by atoms with Gasteiger partial charge in [-0.15, -0.1) is 0 Å². The van der Waals surface area contributed by atoms with E-state index < -0.39 is 0 Å². The lowest BCUT2D eigenvalue weighted by Crippen LogP contribution is -2.49. The third-order valence-electron chi connectivity index (χ3n) is 4.48. The van der Waals surface area contributed by atoms with E-state index in [1.165, 1.54) is 42.1 Å². The second kappa shape index (κ2) is 5.76. The Morgan fingerprint density at radius 3 is 2.75 bits per heavy atom. The lowest BCUT2D eigenvalue weighted by Gasteiger charge is -2.43. The summed E-state index contributed by atoms with van der Waals surface area (Å²) in [6.45, 7) is 0.968. The second-order valence-corrected chi connectivity index (χ2v) is 6.90. The summed E-state index contributed by atoms with van der Waals surface area (Å²) in [4.78, 5) is 4.33. The fourth-order valence-electron chi connectivity index (χ4n) is 2.86. The van der Waals surface area contributed by atoms with Crippen molar-refractivity contribution >= 4 is 21.9 Å². The van der Waals surface area contributed by atoms with Crippen molar-refractivity contribution in [2.24, 2.45) is 4.99 Å². The summed E-state index contributed by atoms with van der Waals surface area (Å²) < 4.78 is 1.17. The number of hydrogen-bond acceptors (Lipinski definition) is 1. The van der Waals surface area contributed by atoms with Crippen LogP contribution in [0.5, 0.6) is 0 Å². The predicted molar refractivity (Wildman–Crippen MR) is 87.2 cm³/mol. The van der Waals surface area contributed by atoms with Gasteiger partial charge in [-0.05, 0) is 43.4 Å². The molecule has 0 bridgehead atoms. The molecule has 0 heterocycles. The van der Waals surface area contributed by atoms with E-state index in [2.05, 4.69) is 55.8 Å². The summed E-state index contributed by atoms with van der Waals surface area (Å²) >= 11 is 3.59. The third-order valence-corrected chi connectivity index (χ3v) is 4.98. The highest BCUT2D eigenvalue weighted by Gasteiger charge is 2.38. The van der Waals surface area contributed by atoms with Gasteiger partial charge in [-0.3, -0.25) is 4.99 Å². The van der Waals surface area contributed by atoms with Gasteiger partial charge in [-0.2, -0.15) is 0 Å². The average molecular weight is 336 g/mol. The maximum absolute atomic E-state index is 4.33. The Balaban J connectivity index is 1.66. The molecule has 2 N–H and O–H groups in total. The highest BCUT2D eigenvalue weighted by atomic mass is 79.9. The van der Waals surface area contributed by atoms with Gasteiger partial charge in [0.25, 0.3) is 0 Å². The molecular formula is C16H22BrN3. The lowest BCUT2D eigenvalue weighted by molar-refractivity contribution is 0.243. The molecule has 0 aromatic heterocycles. The van der Waals surface area contributed by atoms with Crippen molar-refractivity contribution in [3.8, 4) is 0 Å². The molecule has 0 atom stereocenters. The SMILES string of the molecule is CN=C(NCC1(c2cccc(Br)c2)CCC1)NC1CC1. The maximum Gasteiger partial charge on any atom is 0.191 e. The van der Waals surface area contributed by atoms with Crippen molar-refractivity contribution in [2.45, 2.75) is 43.6 Å². The van der Waals surface area contributed by atoms with Crippen molar-refractivity contribution in [1.82, 2.24) is 10.6 Å². The minimum Gasteiger partial charge on any atom is -0.356 e. The van der Waals surface area contributed by atoms with Crippen LogP contribution in [0.25, 0.3) is 0 Å². The van der Waals surface area contributed by atoms with Crippen LogP contribution in [0.1, 0.15) is 37.7 Å². The molecule has 3 rings (SSSR count). The Morgan fingerprint density at radius 2 is 2.20 bits per heavy atom. The van der Waals surface area contributed by atoms with Crippen LogP contribution < -0.4 is 10.6 Å². The van der Waals surface area contributed by atoms with Gasteiger partial charge in [0.15, 0.2) is 5.96 Å². The van der Waals surface area contributed by atoms with Crippen LogP contribution in [-0.2, 0) is 5.41 Å². The van der Waals surface area contributed by atoms with Gasteiger partial charge in [0.05, 0.1) is 0 Å². The van der Waals surface area contributed by atoms with E-state index in [-0.39, 0.29) is 5.41 Å². The summed E-state index contributed by atoms with van der Waals surface area (Å²) in [6.07, 6.45) is 6.39. The molecule has 3 nitrogen and oxygen atoms in total. The summed E-state index contributed by atoms with van der Waals surface area (Å²) in [5.41, 5.74) is 1.72. The molecule has 0 amide bonds. The fraction of sp³-hybridized carbons (Fsp3) is 0.562. The first kappa shape index (κ1) is 13.9. The largest absolute Gasteiger partial charge is 0.356 e. The van der Waals surface area contributed by atoms with Crippen molar-refractivity contribution in [2.75, 3.05) is 13.6 Å². The molecule has 0 unspecified atom stereocenters. The van der Waals surface area contributed by atoms with Gasteiger partial charge in [0.2, 0.25) is 0 Å². The Labute approximate surface area is 129 Å². The third kappa shape index (κ3) is 3.00. The molecule has 108 valence electrons. The normalized spacial score (nSPS) is 21.2. The quantitative estimate of drug-likeness (QED) is 0.654. The monoisotopic (exact) mass is 335 g/mol. The Hall–Kier alpha value is -1.03. The summed E-state index contributed by atoms with van der Waals surface area (Å²) in [5, 5.41) is 6.98. The van der Waals surface area contributed by atoms with E-state index in [1.807, 2.05) is 7.05 Å². The summed E-state index contributed by atoms with van der Waals surface area (Å²) in [7, 11) is 1.85. The number of nitrogens with zero attached hydrogens (tertiary/aromatic N) is 1. The molecule has 20 heavy (non-hydrogen) atoms. The highest BCUT2D eigenvalue weighted by Crippen LogP contribution is 2.43. The zero-order chi connectivity index (χ0) is 14.0. The molecular weight excluding hydrogens is 314 g/mol. The van der Waals surface area contributed by atoms with Crippen LogP contribution in [-0.4, -0.2) is 25.6 Å². The molecule has 2 aliphatic rings. The Bertz CT molecular complexity index is 504. The zero-order valence-corrected chi connectivity index (χ0v) is 13.5. The van der Waals surface area contributed by atoms with E-state index in [1.54, 1.807) is 0 Å². The molecule has 0 saturated heterocycles.